The molecule has 2 aliphatic rings. The van der Waals surface area contributed by atoms with Crippen molar-refractivity contribution in [3.63, 3.8) is 0 Å². The fourth-order valence-corrected chi connectivity index (χ4v) is 2.78. The van der Waals surface area contributed by atoms with Crippen LogP contribution in [0.2, 0.25) is 0 Å². The summed E-state index contributed by atoms with van der Waals surface area (Å²) in [5.74, 6) is 0.687. The molecule has 3 atom stereocenters. The molecule has 0 aromatic heterocycles. The van der Waals surface area contributed by atoms with Gasteiger partial charge in [-0.2, -0.15) is 0 Å². The number of likely N-dealkylation sites (N-methyl/N-ethyl adjacent to an activating group) is 1. The Kier molecular flexibility index (Phi) is 4.58. The number of nitrogens with one attached hydrogen (secondary N) is 1. The first-order valence-electron chi connectivity index (χ1n) is 6.33. The molecule has 2 fully saturated rings. The third-order valence-corrected chi connectivity index (χ3v) is 3.92. The molecule has 3 unspecified atom stereocenters. The summed E-state index contributed by atoms with van der Waals surface area (Å²) >= 11 is 0. The second kappa shape index (κ2) is 5.96. The summed E-state index contributed by atoms with van der Waals surface area (Å²) in [5.41, 5.74) is 0. The van der Waals surface area contributed by atoms with Crippen molar-refractivity contribution >= 4 is 0 Å². The smallest absolute Gasteiger partial charge is 0.0710 e. The normalized spacial score (nSPS) is 33.4. The summed E-state index contributed by atoms with van der Waals surface area (Å²) < 4.78 is 10.9. The van der Waals surface area contributed by atoms with Crippen molar-refractivity contribution < 1.29 is 9.47 Å². The van der Waals surface area contributed by atoms with Gasteiger partial charge in [0.15, 0.2) is 0 Å². The number of ether oxygens (including phenoxy) is 2. The number of hydrogen-bond donors (Lipinski definition) is 1. The van der Waals surface area contributed by atoms with Gasteiger partial charge in [0.05, 0.1) is 12.7 Å². The van der Waals surface area contributed by atoms with Crippen LogP contribution in [0.3, 0.4) is 0 Å². The van der Waals surface area contributed by atoms with Crippen molar-refractivity contribution in [1.82, 2.24) is 10.2 Å². The Bertz CT molecular complexity index is 207. The lowest BCUT2D eigenvalue weighted by atomic mass is 9.99. The van der Waals surface area contributed by atoms with E-state index in [1.165, 1.54) is 19.4 Å². The van der Waals surface area contributed by atoms with Crippen LogP contribution in [-0.2, 0) is 9.47 Å². The molecular formula is C12H24N2O2. The Hall–Kier alpha value is -0.160. The van der Waals surface area contributed by atoms with Gasteiger partial charge in [0.25, 0.3) is 0 Å². The molecule has 0 spiro atoms. The third-order valence-electron chi connectivity index (χ3n) is 3.92. The molecule has 4 heteroatoms. The minimum absolute atomic E-state index is 0.442. The Labute approximate surface area is 98.3 Å². The van der Waals surface area contributed by atoms with Crippen LogP contribution in [0, 0.1) is 5.92 Å². The molecule has 0 aliphatic carbocycles. The first-order valence-corrected chi connectivity index (χ1v) is 6.33. The van der Waals surface area contributed by atoms with E-state index in [0.717, 1.165) is 26.3 Å². The summed E-state index contributed by atoms with van der Waals surface area (Å²) in [5, 5.41) is 3.44. The van der Waals surface area contributed by atoms with Gasteiger partial charge in [-0.1, -0.05) is 0 Å². The van der Waals surface area contributed by atoms with Crippen LogP contribution in [0.1, 0.15) is 12.8 Å². The maximum Gasteiger partial charge on any atom is 0.0710 e. The number of hydrogen-bond acceptors (Lipinski definition) is 4. The minimum Gasteiger partial charge on any atom is -0.381 e. The van der Waals surface area contributed by atoms with E-state index < -0.39 is 0 Å². The monoisotopic (exact) mass is 228 g/mol. The minimum atomic E-state index is 0.442. The molecule has 2 aliphatic heterocycles. The lowest BCUT2D eigenvalue weighted by Crippen LogP contribution is -2.44. The van der Waals surface area contributed by atoms with E-state index in [2.05, 4.69) is 17.3 Å². The molecule has 94 valence electrons. The lowest BCUT2D eigenvalue weighted by molar-refractivity contribution is 0.104. The van der Waals surface area contributed by atoms with E-state index in [0.29, 0.717) is 18.1 Å². The maximum atomic E-state index is 5.46. The Morgan fingerprint density at radius 3 is 2.94 bits per heavy atom. The van der Waals surface area contributed by atoms with Gasteiger partial charge in [-0.05, 0) is 19.9 Å². The van der Waals surface area contributed by atoms with Crippen LogP contribution in [0.4, 0.5) is 0 Å². The van der Waals surface area contributed by atoms with Crippen LogP contribution in [0.15, 0.2) is 0 Å². The van der Waals surface area contributed by atoms with Gasteiger partial charge in [-0.25, -0.2) is 0 Å². The predicted molar refractivity (Wildman–Crippen MR) is 63.6 cm³/mol. The second-order valence-electron chi connectivity index (χ2n) is 4.92. The number of rotatable bonds is 5. The second-order valence-corrected chi connectivity index (χ2v) is 4.92. The number of nitrogens with zero attached hydrogens (tertiary/aromatic N) is 1. The van der Waals surface area contributed by atoms with Crippen molar-refractivity contribution in [2.24, 2.45) is 5.92 Å². The van der Waals surface area contributed by atoms with E-state index in [9.17, 15) is 0 Å². The Morgan fingerprint density at radius 1 is 1.50 bits per heavy atom. The van der Waals surface area contributed by atoms with E-state index in [1.807, 2.05) is 7.11 Å². The van der Waals surface area contributed by atoms with E-state index in [-0.39, 0.29) is 0 Å². The van der Waals surface area contributed by atoms with Gasteiger partial charge < -0.3 is 14.8 Å². The highest BCUT2D eigenvalue weighted by Crippen LogP contribution is 2.19. The molecule has 1 N–H and O–H groups in total. The molecule has 2 heterocycles. The molecule has 0 aromatic rings. The molecule has 0 bridgehead atoms. The molecular weight excluding hydrogens is 204 g/mol. The quantitative estimate of drug-likeness (QED) is 0.735. The van der Waals surface area contributed by atoms with Crippen molar-refractivity contribution in [1.29, 1.82) is 0 Å². The van der Waals surface area contributed by atoms with E-state index >= 15 is 0 Å². The first kappa shape index (κ1) is 12.3. The van der Waals surface area contributed by atoms with Crippen molar-refractivity contribution in [2.75, 3.05) is 47.0 Å². The fraction of sp³-hybridized carbons (Fsp3) is 1.00. The van der Waals surface area contributed by atoms with Crippen LogP contribution in [0.5, 0.6) is 0 Å². The van der Waals surface area contributed by atoms with Gasteiger partial charge in [-0.15, -0.1) is 0 Å². The summed E-state index contributed by atoms with van der Waals surface area (Å²) in [6.45, 7) is 5.24. The van der Waals surface area contributed by atoms with Crippen molar-refractivity contribution in [3.05, 3.63) is 0 Å². The molecule has 2 rings (SSSR count). The van der Waals surface area contributed by atoms with Gasteiger partial charge in [-0.3, -0.25) is 4.90 Å². The summed E-state index contributed by atoms with van der Waals surface area (Å²) in [7, 11) is 3.88. The highest BCUT2D eigenvalue weighted by atomic mass is 16.5. The third kappa shape index (κ3) is 2.94. The van der Waals surface area contributed by atoms with Crippen LogP contribution in [-0.4, -0.2) is 64.1 Å². The lowest BCUT2D eigenvalue weighted by Gasteiger charge is -2.27. The highest BCUT2D eigenvalue weighted by molar-refractivity contribution is 4.85. The van der Waals surface area contributed by atoms with Crippen molar-refractivity contribution in [2.45, 2.75) is 25.0 Å². The zero-order chi connectivity index (χ0) is 11.4. The van der Waals surface area contributed by atoms with Crippen LogP contribution < -0.4 is 5.32 Å². The van der Waals surface area contributed by atoms with Gasteiger partial charge in [0, 0.05) is 45.3 Å². The van der Waals surface area contributed by atoms with Gasteiger partial charge in [0.2, 0.25) is 0 Å². The Morgan fingerprint density at radius 2 is 2.38 bits per heavy atom. The average Bonchev–Trinajstić information content (AvgIpc) is 2.96. The molecule has 0 radical (unpaired) electrons. The zero-order valence-corrected chi connectivity index (χ0v) is 10.4. The summed E-state index contributed by atoms with van der Waals surface area (Å²) in [4.78, 5) is 2.51. The summed E-state index contributed by atoms with van der Waals surface area (Å²) in [6.07, 6.45) is 2.82. The Balaban J connectivity index is 1.78. The molecule has 2 saturated heterocycles. The number of methoxy groups -OCH3 is 1. The van der Waals surface area contributed by atoms with E-state index in [1.54, 1.807) is 0 Å². The van der Waals surface area contributed by atoms with Crippen LogP contribution >= 0.6 is 0 Å². The molecule has 0 amide bonds. The zero-order valence-electron chi connectivity index (χ0n) is 10.4. The average molecular weight is 228 g/mol. The van der Waals surface area contributed by atoms with Crippen LogP contribution in [0.25, 0.3) is 0 Å². The largest absolute Gasteiger partial charge is 0.381 e. The predicted octanol–water partition coefficient (Wildman–Crippen LogP) is 0.332. The topological polar surface area (TPSA) is 33.7 Å². The first-order chi connectivity index (χ1) is 7.83. The van der Waals surface area contributed by atoms with Gasteiger partial charge in [0.1, 0.15) is 0 Å². The molecule has 0 saturated carbocycles. The van der Waals surface area contributed by atoms with E-state index in [4.69, 9.17) is 9.47 Å². The standard InChI is InChI=1S/C12H24N2O2/c1-13-12(10-4-6-16-9-10)8-14-5-3-11(7-14)15-2/h10-13H,3-9H2,1-2H3. The van der Waals surface area contributed by atoms with Gasteiger partial charge >= 0.3 is 0 Å². The molecule has 0 aromatic carbocycles. The molecule has 16 heavy (non-hydrogen) atoms. The molecule has 4 nitrogen and oxygen atoms in total. The summed E-state index contributed by atoms with van der Waals surface area (Å²) in [6, 6.07) is 0.568. The fourth-order valence-electron chi connectivity index (χ4n) is 2.78. The highest BCUT2D eigenvalue weighted by Gasteiger charge is 2.29. The SMILES string of the molecule is CNC(CN1CCC(OC)C1)C1CCOC1. The number of likely N-dealkylation sites (tertiary alicyclic amines) is 1. The maximum absolute atomic E-state index is 5.46. The van der Waals surface area contributed by atoms with Crippen molar-refractivity contribution in [3.8, 4) is 0 Å².